The van der Waals surface area contributed by atoms with Crippen molar-refractivity contribution >= 4 is 33.2 Å². The van der Waals surface area contributed by atoms with E-state index in [-0.39, 0.29) is 5.56 Å². The summed E-state index contributed by atoms with van der Waals surface area (Å²) in [4.78, 5) is 12.0. The van der Waals surface area contributed by atoms with Gasteiger partial charge in [0.05, 0.1) is 15.8 Å². The Morgan fingerprint density at radius 3 is 2.68 bits per heavy atom. The molecule has 0 saturated carbocycles. The van der Waals surface area contributed by atoms with E-state index in [9.17, 15) is 9.18 Å². The first kappa shape index (κ1) is 13.5. The molecule has 2 aromatic carbocycles. The second kappa shape index (κ2) is 5.40. The first-order chi connectivity index (χ1) is 8.97. The van der Waals surface area contributed by atoms with E-state index in [0.717, 1.165) is 5.56 Å². The van der Waals surface area contributed by atoms with Crippen LogP contribution < -0.4 is 11.1 Å². The quantitative estimate of drug-likeness (QED) is 0.828. The molecule has 0 heterocycles. The van der Waals surface area contributed by atoms with E-state index >= 15 is 0 Å². The molecule has 0 aliphatic carbocycles. The number of carbonyl (C=O) groups excluding carboxylic acids is 1. The summed E-state index contributed by atoms with van der Waals surface area (Å²) in [6, 6.07) is 9.53. The predicted octanol–water partition coefficient (Wildman–Crippen LogP) is 3.73. The first-order valence-electron chi connectivity index (χ1n) is 5.60. The zero-order valence-electron chi connectivity index (χ0n) is 10.2. The van der Waals surface area contributed by atoms with Gasteiger partial charge in [-0.2, -0.15) is 0 Å². The molecule has 1 amide bonds. The zero-order chi connectivity index (χ0) is 14.0. The Morgan fingerprint density at radius 2 is 2.00 bits per heavy atom. The van der Waals surface area contributed by atoms with Crippen LogP contribution in [0.2, 0.25) is 0 Å². The van der Waals surface area contributed by atoms with Gasteiger partial charge in [0, 0.05) is 5.56 Å². The molecule has 0 spiro atoms. The number of nitrogens with two attached hydrogens (primary N) is 1. The van der Waals surface area contributed by atoms with Crippen molar-refractivity contribution < 1.29 is 9.18 Å². The molecule has 2 rings (SSSR count). The van der Waals surface area contributed by atoms with Gasteiger partial charge in [-0.3, -0.25) is 4.79 Å². The lowest BCUT2D eigenvalue weighted by Crippen LogP contribution is -2.13. The van der Waals surface area contributed by atoms with Gasteiger partial charge >= 0.3 is 0 Å². The van der Waals surface area contributed by atoms with E-state index in [2.05, 4.69) is 21.2 Å². The van der Waals surface area contributed by atoms with Crippen molar-refractivity contribution in [2.75, 3.05) is 11.1 Å². The molecule has 0 fully saturated rings. The van der Waals surface area contributed by atoms with E-state index in [4.69, 9.17) is 5.73 Å². The standard InChI is InChI=1S/C14H12BrFN2O/c1-8-2-5-12(17)13(6-8)18-14(19)9-3-4-10(15)11(16)7-9/h2-7H,17H2,1H3,(H,18,19). The maximum absolute atomic E-state index is 13.4. The van der Waals surface area contributed by atoms with Gasteiger partial charge in [-0.15, -0.1) is 0 Å². The van der Waals surface area contributed by atoms with Crippen molar-refractivity contribution in [1.82, 2.24) is 0 Å². The van der Waals surface area contributed by atoms with Crippen LogP contribution in [-0.2, 0) is 0 Å². The number of anilines is 2. The number of aryl methyl sites for hydroxylation is 1. The highest BCUT2D eigenvalue weighted by Gasteiger charge is 2.10. The molecule has 0 aromatic heterocycles. The fourth-order valence-electron chi connectivity index (χ4n) is 1.61. The monoisotopic (exact) mass is 322 g/mol. The van der Waals surface area contributed by atoms with E-state index in [1.807, 2.05) is 13.0 Å². The molecule has 0 atom stereocenters. The van der Waals surface area contributed by atoms with Gasteiger partial charge in [0.25, 0.3) is 5.91 Å². The second-order valence-corrected chi connectivity index (χ2v) is 5.03. The van der Waals surface area contributed by atoms with Crippen LogP contribution in [0.4, 0.5) is 15.8 Å². The minimum atomic E-state index is -0.482. The molecule has 98 valence electrons. The summed E-state index contributed by atoms with van der Waals surface area (Å²) in [5, 5.41) is 2.67. The van der Waals surface area contributed by atoms with Crippen molar-refractivity contribution in [3.63, 3.8) is 0 Å². The highest BCUT2D eigenvalue weighted by atomic mass is 79.9. The molecule has 0 bridgehead atoms. The van der Waals surface area contributed by atoms with Crippen LogP contribution in [0.1, 0.15) is 15.9 Å². The van der Waals surface area contributed by atoms with Crippen LogP contribution in [0.25, 0.3) is 0 Å². The molecular weight excluding hydrogens is 311 g/mol. The number of nitrogens with one attached hydrogen (secondary N) is 1. The predicted molar refractivity (Wildman–Crippen MR) is 77.6 cm³/mol. The number of hydrogen-bond donors (Lipinski definition) is 2. The third-order valence-corrected chi connectivity index (χ3v) is 3.28. The maximum atomic E-state index is 13.4. The van der Waals surface area contributed by atoms with Gasteiger partial charge < -0.3 is 11.1 Å². The molecule has 2 aromatic rings. The Bertz CT molecular complexity index is 643. The molecule has 5 heteroatoms. The van der Waals surface area contributed by atoms with Crippen LogP contribution in [0.5, 0.6) is 0 Å². The van der Waals surface area contributed by atoms with Crippen LogP contribution in [0.15, 0.2) is 40.9 Å². The van der Waals surface area contributed by atoms with Crippen LogP contribution in [0.3, 0.4) is 0 Å². The zero-order valence-corrected chi connectivity index (χ0v) is 11.8. The van der Waals surface area contributed by atoms with Gasteiger partial charge in [-0.25, -0.2) is 4.39 Å². The third kappa shape index (κ3) is 3.12. The van der Waals surface area contributed by atoms with E-state index in [1.165, 1.54) is 18.2 Å². The fraction of sp³-hybridized carbons (Fsp3) is 0.0714. The lowest BCUT2D eigenvalue weighted by Gasteiger charge is -2.09. The van der Waals surface area contributed by atoms with Crippen molar-refractivity contribution in [1.29, 1.82) is 0 Å². The minimum absolute atomic E-state index is 0.238. The fourth-order valence-corrected chi connectivity index (χ4v) is 1.86. The molecule has 0 unspecified atom stereocenters. The normalized spacial score (nSPS) is 10.3. The van der Waals surface area contributed by atoms with Gasteiger partial charge in [-0.1, -0.05) is 6.07 Å². The average molecular weight is 323 g/mol. The largest absolute Gasteiger partial charge is 0.397 e. The summed E-state index contributed by atoms with van der Waals surface area (Å²) < 4.78 is 13.7. The Hall–Kier alpha value is -1.88. The molecule has 0 saturated heterocycles. The SMILES string of the molecule is Cc1ccc(N)c(NC(=O)c2ccc(Br)c(F)c2)c1. The number of rotatable bonds is 2. The lowest BCUT2D eigenvalue weighted by molar-refractivity contribution is 0.102. The van der Waals surface area contributed by atoms with E-state index in [0.29, 0.717) is 15.8 Å². The van der Waals surface area contributed by atoms with Crippen molar-refractivity contribution in [2.24, 2.45) is 0 Å². The van der Waals surface area contributed by atoms with Gasteiger partial charge in [0.15, 0.2) is 0 Å². The Balaban J connectivity index is 2.25. The first-order valence-corrected chi connectivity index (χ1v) is 6.39. The van der Waals surface area contributed by atoms with Gasteiger partial charge in [0.1, 0.15) is 5.82 Å². The number of nitrogen functional groups attached to an aromatic ring is 1. The van der Waals surface area contributed by atoms with Crippen LogP contribution in [0, 0.1) is 12.7 Å². The van der Waals surface area contributed by atoms with Crippen LogP contribution in [-0.4, -0.2) is 5.91 Å². The maximum Gasteiger partial charge on any atom is 0.255 e. The average Bonchev–Trinajstić information content (AvgIpc) is 2.37. The second-order valence-electron chi connectivity index (χ2n) is 4.17. The van der Waals surface area contributed by atoms with Crippen molar-refractivity contribution in [3.05, 3.63) is 57.8 Å². The third-order valence-electron chi connectivity index (χ3n) is 2.64. The number of benzene rings is 2. The summed E-state index contributed by atoms with van der Waals surface area (Å²) in [6.45, 7) is 1.90. The molecule has 0 aliphatic rings. The molecule has 3 nitrogen and oxygen atoms in total. The summed E-state index contributed by atoms with van der Waals surface area (Å²) >= 11 is 3.04. The minimum Gasteiger partial charge on any atom is -0.397 e. The molecule has 0 radical (unpaired) electrons. The van der Waals surface area contributed by atoms with Gasteiger partial charge in [0.2, 0.25) is 0 Å². The van der Waals surface area contributed by atoms with Crippen LogP contribution >= 0.6 is 15.9 Å². The number of carbonyl (C=O) groups is 1. The number of halogens is 2. The summed E-state index contributed by atoms with van der Waals surface area (Å²) in [7, 11) is 0. The Morgan fingerprint density at radius 1 is 1.26 bits per heavy atom. The summed E-state index contributed by atoms with van der Waals surface area (Å²) in [5.41, 5.74) is 7.98. The Labute approximate surface area is 118 Å². The number of amides is 1. The summed E-state index contributed by atoms with van der Waals surface area (Å²) in [5.74, 6) is -0.881. The molecule has 0 aliphatic heterocycles. The van der Waals surface area contributed by atoms with Crippen molar-refractivity contribution in [2.45, 2.75) is 6.92 Å². The molecule has 19 heavy (non-hydrogen) atoms. The van der Waals surface area contributed by atoms with E-state index in [1.54, 1.807) is 12.1 Å². The smallest absolute Gasteiger partial charge is 0.255 e. The highest BCUT2D eigenvalue weighted by Crippen LogP contribution is 2.21. The Kier molecular flexibility index (Phi) is 3.85. The number of hydrogen-bond acceptors (Lipinski definition) is 2. The molecule has 3 N–H and O–H groups in total. The lowest BCUT2D eigenvalue weighted by atomic mass is 10.1. The molecular formula is C14H12BrFN2O. The summed E-state index contributed by atoms with van der Waals surface area (Å²) in [6.07, 6.45) is 0. The topological polar surface area (TPSA) is 55.1 Å². The van der Waals surface area contributed by atoms with Crippen molar-refractivity contribution in [3.8, 4) is 0 Å². The van der Waals surface area contributed by atoms with E-state index < -0.39 is 11.7 Å². The highest BCUT2D eigenvalue weighted by molar-refractivity contribution is 9.10. The van der Waals surface area contributed by atoms with Gasteiger partial charge in [-0.05, 0) is 58.7 Å².